The molecule has 36 heavy (non-hydrogen) atoms. The fourth-order valence-corrected chi connectivity index (χ4v) is 4.09. The van der Waals surface area contributed by atoms with Crippen molar-refractivity contribution < 1.29 is 31.1 Å². The second-order valence-corrected chi connectivity index (χ2v) is 8.64. The van der Waals surface area contributed by atoms with Crippen molar-refractivity contribution in [1.82, 2.24) is 25.0 Å². The topological polar surface area (TPSA) is 85.6 Å². The van der Waals surface area contributed by atoms with Crippen LogP contribution >= 0.6 is 11.3 Å². The summed E-state index contributed by atoms with van der Waals surface area (Å²) in [7, 11) is 0. The second kappa shape index (κ2) is 9.33. The van der Waals surface area contributed by atoms with Crippen LogP contribution < -0.4 is 5.32 Å². The van der Waals surface area contributed by atoms with Gasteiger partial charge in [-0.2, -0.15) is 31.4 Å². The number of carbonyl (C=O) groups excluding carboxylic acids is 1. The lowest BCUT2D eigenvalue weighted by molar-refractivity contribution is -0.143. The normalized spacial score (nSPS) is 13.0. The monoisotopic (exact) mass is 526 g/mol. The molecule has 1 amide bonds. The van der Waals surface area contributed by atoms with Gasteiger partial charge in [-0.05, 0) is 43.7 Å². The summed E-state index contributed by atoms with van der Waals surface area (Å²) < 4.78 is 80.9. The van der Waals surface area contributed by atoms with E-state index < -0.39 is 41.0 Å². The lowest BCUT2D eigenvalue weighted by Crippen LogP contribution is -2.18. The Kier molecular flexibility index (Phi) is 6.56. The summed E-state index contributed by atoms with van der Waals surface area (Å²) in [5.74, 6) is -0.615. The van der Waals surface area contributed by atoms with E-state index in [0.29, 0.717) is 16.8 Å². The standard InChI is InChI=1S/C22H16F6N6OS/c1-11-17(30-18(35)20-32-31-19(36-20)16-5-3-4-8-29-16)10-34(33-11)12(2)14-7-6-13(21(23,24)25)9-15(14)22(26,27)28/h3-10,12H,1-2H3,(H,30,35). The average molecular weight is 526 g/mol. The van der Waals surface area contributed by atoms with Crippen LogP contribution in [0.4, 0.5) is 32.0 Å². The fraction of sp³-hybridized carbons (Fsp3) is 0.227. The van der Waals surface area contributed by atoms with Gasteiger partial charge >= 0.3 is 12.4 Å². The quantitative estimate of drug-likeness (QED) is 0.322. The van der Waals surface area contributed by atoms with Crippen molar-refractivity contribution in [2.75, 3.05) is 5.32 Å². The maximum atomic E-state index is 13.6. The minimum atomic E-state index is -5.02. The van der Waals surface area contributed by atoms with Gasteiger partial charge in [-0.15, -0.1) is 10.2 Å². The van der Waals surface area contributed by atoms with Crippen LogP contribution in [0.5, 0.6) is 0 Å². The summed E-state index contributed by atoms with van der Waals surface area (Å²) in [5, 5.41) is 15.0. The van der Waals surface area contributed by atoms with Crippen LogP contribution in [0.25, 0.3) is 10.7 Å². The molecule has 3 heterocycles. The van der Waals surface area contributed by atoms with Gasteiger partial charge in [0.05, 0.1) is 28.6 Å². The number of nitrogens with zero attached hydrogens (tertiary/aromatic N) is 5. The second-order valence-electron chi connectivity index (χ2n) is 7.66. The van der Waals surface area contributed by atoms with E-state index in [9.17, 15) is 31.1 Å². The van der Waals surface area contributed by atoms with Gasteiger partial charge in [-0.25, -0.2) is 0 Å². The van der Waals surface area contributed by atoms with Crippen molar-refractivity contribution in [2.24, 2.45) is 0 Å². The predicted molar refractivity (Wildman–Crippen MR) is 118 cm³/mol. The Morgan fingerprint density at radius 1 is 1.06 bits per heavy atom. The van der Waals surface area contributed by atoms with Crippen LogP contribution in [-0.2, 0) is 12.4 Å². The first-order chi connectivity index (χ1) is 16.8. The first-order valence-corrected chi connectivity index (χ1v) is 11.1. The molecule has 0 aliphatic rings. The number of benzene rings is 1. The fourth-order valence-electron chi connectivity index (χ4n) is 3.37. The molecule has 0 radical (unpaired) electrons. The number of halogens is 6. The molecule has 3 aromatic heterocycles. The van der Waals surface area contributed by atoms with E-state index in [1.807, 2.05) is 0 Å². The highest BCUT2D eigenvalue weighted by Gasteiger charge is 2.39. The number of hydrogen-bond acceptors (Lipinski definition) is 6. The summed E-state index contributed by atoms with van der Waals surface area (Å²) in [5.41, 5.74) is -2.21. The Labute approximate surface area is 203 Å². The lowest BCUT2D eigenvalue weighted by atomic mass is 9.98. The van der Waals surface area contributed by atoms with Gasteiger partial charge < -0.3 is 5.32 Å². The number of rotatable bonds is 5. The van der Waals surface area contributed by atoms with Gasteiger partial charge in [0.25, 0.3) is 5.91 Å². The molecule has 0 saturated carbocycles. The maximum Gasteiger partial charge on any atom is 0.416 e. The third-order valence-electron chi connectivity index (χ3n) is 5.20. The molecule has 4 aromatic rings. The van der Waals surface area contributed by atoms with Gasteiger partial charge in [0.1, 0.15) is 5.69 Å². The summed E-state index contributed by atoms with van der Waals surface area (Å²) in [6, 6.07) is 5.55. The van der Waals surface area contributed by atoms with E-state index in [-0.39, 0.29) is 22.5 Å². The molecular weight excluding hydrogens is 510 g/mol. The van der Waals surface area contributed by atoms with Gasteiger partial charge in [-0.1, -0.05) is 23.5 Å². The van der Waals surface area contributed by atoms with Crippen LogP contribution in [0.2, 0.25) is 0 Å². The molecule has 0 bridgehead atoms. The first kappa shape index (κ1) is 25.3. The van der Waals surface area contributed by atoms with Crippen LogP contribution in [0.15, 0.2) is 48.8 Å². The highest BCUT2D eigenvalue weighted by atomic mass is 32.1. The smallest absolute Gasteiger partial charge is 0.317 e. The van der Waals surface area contributed by atoms with Gasteiger partial charge in [0.15, 0.2) is 5.01 Å². The first-order valence-electron chi connectivity index (χ1n) is 10.2. The van der Waals surface area contributed by atoms with E-state index in [1.54, 1.807) is 24.4 Å². The van der Waals surface area contributed by atoms with Gasteiger partial charge in [-0.3, -0.25) is 14.5 Å². The summed E-state index contributed by atoms with van der Waals surface area (Å²) in [4.78, 5) is 16.8. The highest BCUT2D eigenvalue weighted by molar-refractivity contribution is 7.16. The molecule has 1 unspecified atom stereocenters. The number of carbonyl (C=O) groups is 1. The van der Waals surface area contributed by atoms with Gasteiger partial charge in [0.2, 0.25) is 5.01 Å². The average Bonchev–Trinajstić information content (AvgIpc) is 3.45. The lowest BCUT2D eigenvalue weighted by Gasteiger charge is -2.20. The molecule has 14 heteroatoms. The number of pyridine rings is 1. The molecule has 0 aliphatic heterocycles. The van der Waals surface area contributed by atoms with Crippen molar-refractivity contribution >= 4 is 22.9 Å². The molecule has 1 atom stereocenters. The van der Waals surface area contributed by atoms with Crippen molar-refractivity contribution in [1.29, 1.82) is 0 Å². The zero-order chi connectivity index (χ0) is 26.3. The molecule has 0 saturated heterocycles. The molecular formula is C22H16F6N6OS. The number of nitrogens with one attached hydrogen (secondary N) is 1. The number of hydrogen-bond donors (Lipinski definition) is 1. The van der Waals surface area contributed by atoms with Crippen LogP contribution in [0.1, 0.15) is 45.2 Å². The summed E-state index contributed by atoms with van der Waals surface area (Å²) >= 11 is 0.996. The molecule has 1 aromatic carbocycles. The van der Waals surface area contributed by atoms with Crippen molar-refractivity contribution in [3.8, 4) is 10.7 Å². The number of anilines is 1. The SMILES string of the molecule is Cc1nn(C(C)c2ccc(C(F)(F)F)cc2C(F)(F)F)cc1NC(=O)c1nnc(-c2ccccn2)s1. The molecule has 0 aliphatic carbocycles. The minimum Gasteiger partial charge on any atom is -0.317 e. The Hall–Kier alpha value is -3.81. The Balaban J connectivity index is 1.59. The molecule has 7 nitrogen and oxygen atoms in total. The number of amides is 1. The zero-order valence-electron chi connectivity index (χ0n) is 18.5. The summed E-state index contributed by atoms with van der Waals surface area (Å²) in [6.45, 7) is 2.88. The zero-order valence-corrected chi connectivity index (χ0v) is 19.3. The number of aryl methyl sites for hydroxylation is 1. The molecule has 4 rings (SSSR count). The Bertz CT molecular complexity index is 1400. The molecule has 0 spiro atoms. The van der Waals surface area contributed by atoms with E-state index in [4.69, 9.17) is 0 Å². The molecule has 0 fully saturated rings. The van der Waals surface area contributed by atoms with Crippen LogP contribution in [-0.4, -0.2) is 30.9 Å². The Morgan fingerprint density at radius 2 is 1.81 bits per heavy atom. The largest absolute Gasteiger partial charge is 0.416 e. The highest BCUT2D eigenvalue weighted by Crippen LogP contribution is 2.40. The van der Waals surface area contributed by atoms with Crippen molar-refractivity contribution in [2.45, 2.75) is 32.2 Å². The molecule has 1 N–H and O–H groups in total. The van der Waals surface area contributed by atoms with Crippen LogP contribution in [0.3, 0.4) is 0 Å². The molecule has 188 valence electrons. The van der Waals surface area contributed by atoms with E-state index in [1.165, 1.54) is 20.0 Å². The van der Waals surface area contributed by atoms with E-state index >= 15 is 0 Å². The minimum absolute atomic E-state index is 0.0259. The number of aromatic nitrogens is 5. The predicted octanol–water partition coefficient (Wildman–Crippen LogP) is 6.00. The third kappa shape index (κ3) is 5.22. The third-order valence-corrected chi connectivity index (χ3v) is 6.15. The number of alkyl halides is 6. The Morgan fingerprint density at radius 3 is 2.44 bits per heavy atom. The van der Waals surface area contributed by atoms with Gasteiger partial charge in [0, 0.05) is 12.4 Å². The van der Waals surface area contributed by atoms with Crippen LogP contribution in [0, 0.1) is 6.92 Å². The summed E-state index contributed by atoms with van der Waals surface area (Å²) in [6.07, 6.45) is -7.08. The van der Waals surface area contributed by atoms with E-state index in [2.05, 4.69) is 25.6 Å². The van der Waals surface area contributed by atoms with E-state index in [0.717, 1.165) is 22.1 Å². The van der Waals surface area contributed by atoms with Crippen molar-refractivity contribution in [3.05, 3.63) is 76.2 Å². The van der Waals surface area contributed by atoms with Crippen molar-refractivity contribution in [3.63, 3.8) is 0 Å². The maximum absolute atomic E-state index is 13.6.